The van der Waals surface area contributed by atoms with Crippen LogP contribution >= 0.6 is 11.8 Å². The monoisotopic (exact) mass is 412 g/mol. The minimum atomic E-state index is -0.344. The smallest absolute Gasteiger partial charge is 0.168 e. The lowest BCUT2D eigenvalue weighted by molar-refractivity contribution is 0.116. The number of pyridine rings is 1. The summed E-state index contributed by atoms with van der Waals surface area (Å²) < 4.78 is 15.5. The van der Waals surface area contributed by atoms with Crippen molar-refractivity contribution in [2.75, 3.05) is 11.6 Å². The highest BCUT2D eigenvalue weighted by Gasteiger charge is 2.24. The number of halogens is 1. The molecule has 4 rings (SSSR count). The molecule has 29 heavy (non-hydrogen) atoms. The van der Waals surface area contributed by atoms with Gasteiger partial charge in [0.25, 0.3) is 0 Å². The Bertz CT molecular complexity index is 989. The number of aliphatic hydroxyl groups is 1. The lowest BCUT2D eigenvalue weighted by Crippen LogP contribution is -2.36. The number of rotatable bonds is 5. The average molecular weight is 413 g/mol. The molecule has 2 heterocycles. The molecule has 2 N–H and O–H groups in total. The Morgan fingerprint density at radius 2 is 1.90 bits per heavy atom. The van der Waals surface area contributed by atoms with Crippen molar-refractivity contribution < 1.29 is 9.50 Å². The van der Waals surface area contributed by atoms with Gasteiger partial charge in [-0.1, -0.05) is 24.6 Å². The van der Waals surface area contributed by atoms with Gasteiger partial charge in [0.05, 0.1) is 23.5 Å². The van der Waals surface area contributed by atoms with E-state index in [0.29, 0.717) is 0 Å². The van der Waals surface area contributed by atoms with Crippen LogP contribution in [0.15, 0.2) is 47.8 Å². The van der Waals surface area contributed by atoms with Crippen LogP contribution in [-0.4, -0.2) is 38.0 Å². The van der Waals surface area contributed by atoms with Crippen molar-refractivity contribution in [3.8, 4) is 22.5 Å². The Balaban J connectivity index is 1.72. The van der Waals surface area contributed by atoms with E-state index in [1.54, 1.807) is 30.1 Å². The molecule has 1 aromatic carbocycles. The van der Waals surface area contributed by atoms with Gasteiger partial charge >= 0.3 is 0 Å². The van der Waals surface area contributed by atoms with E-state index in [2.05, 4.69) is 14.9 Å². The highest BCUT2D eigenvalue weighted by atomic mass is 32.2. The van der Waals surface area contributed by atoms with Crippen molar-refractivity contribution in [1.29, 1.82) is 0 Å². The van der Waals surface area contributed by atoms with Crippen LogP contribution in [0.2, 0.25) is 0 Å². The summed E-state index contributed by atoms with van der Waals surface area (Å²) in [6.45, 7) is 0. The first-order valence-electron chi connectivity index (χ1n) is 9.84. The van der Waals surface area contributed by atoms with Gasteiger partial charge in [-0.25, -0.2) is 14.4 Å². The number of benzene rings is 1. The van der Waals surface area contributed by atoms with E-state index in [9.17, 15) is 9.50 Å². The third-order valence-electron chi connectivity index (χ3n) is 5.45. The molecule has 5 nitrogen and oxygen atoms in total. The number of imidazole rings is 1. The molecule has 1 saturated carbocycles. The fraction of sp³-hybridized carbons (Fsp3) is 0.364. The number of nitrogens with one attached hydrogen (secondary N) is 1. The zero-order chi connectivity index (χ0) is 20.4. The van der Waals surface area contributed by atoms with E-state index >= 15 is 0 Å². The topological polar surface area (TPSA) is 63.0 Å². The summed E-state index contributed by atoms with van der Waals surface area (Å²) in [5.41, 5.74) is 3.61. The fourth-order valence-electron chi connectivity index (χ4n) is 3.93. The largest absolute Gasteiger partial charge is 0.391 e. The number of hydrogen-bond acceptors (Lipinski definition) is 5. The molecule has 0 amide bonds. The Kier molecular flexibility index (Phi) is 5.87. The molecule has 7 heteroatoms. The maximum Gasteiger partial charge on any atom is 0.168 e. The standard InChI is InChI=1S/C22H25FN4OS/c1-27-21(20(26-22(27)29-2)14-7-9-16(23)10-8-14)15-11-12-24-19(13-15)25-17-5-3-4-6-18(17)28/h7-13,17-18,28H,3-6H2,1-2H3,(H,24,25)/t17-,18-/m1/s1. The molecular weight excluding hydrogens is 387 g/mol. The number of nitrogens with zero attached hydrogens (tertiary/aromatic N) is 3. The van der Waals surface area contributed by atoms with Crippen LogP contribution in [-0.2, 0) is 7.05 Å². The van der Waals surface area contributed by atoms with E-state index in [-0.39, 0.29) is 18.0 Å². The van der Waals surface area contributed by atoms with Crippen LogP contribution in [0.5, 0.6) is 0 Å². The highest BCUT2D eigenvalue weighted by molar-refractivity contribution is 7.98. The zero-order valence-electron chi connectivity index (χ0n) is 16.6. The van der Waals surface area contributed by atoms with Crippen LogP contribution in [0, 0.1) is 5.82 Å². The molecular formula is C22H25FN4OS. The van der Waals surface area contributed by atoms with Crippen LogP contribution in [0.25, 0.3) is 22.5 Å². The van der Waals surface area contributed by atoms with E-state index in [1.165, 1.54) is 12.1 Å². The van der Waals surface area contributed by atoms with Crippen molar-refractivity contribution >= 4 is 17.6 Å². The normalized spacial score (nSPS) is 19.3. The second-order valence-electron chi connectivity index (χ2n) is 7.39. The molecule has 0 spiro atoms. The maximum absolute atomic E-state index is 13.4. The molecule has 0 saturated heterocycles. The molecule has 0 bridgehead atoms. The van der Waals surface area contributed by atoms with Crippen molar-refractivity contribution in [1.82, 2.24) is 14.5 Å². The number of hydrogen-bond donors (Lipinski definition) is 2. The first-order valence-corrected chi connectivity index (χ1v) is 11.1. The van der Waals surface area contributed by atoms with E-state index in [0.717, 1.165) is 59.2 Å². The van der Waals surface area contributed by atoms with Gasteiger partial charge < -0.3 is 15.0 Å². The van der Waals surface area contributed by atoms with Crippen molar-refractivity contribution in [3.63, 3.8) is 0 Å². The summed E-state index contributed by atoms with van der Waals surface area (Å²) in [4.78, 5) is 9.24. The molecule has 152 valence electrons. The summed E-state index contributed by atoms with van der Waals surface area (Å²) in [5, 5.41) is 14.6. The Morgan fingerprint density at radius 1 is 1.14 bits per heavy atom. The van der Waals surface area contributed by atoms with Crippen molar-refractivity contribution in [3.05, 3.63) is 48.4 Å². The van der Waals surface area contributed by atoms with Crippen LogP contribution in [0.4, 0.5) is 10.2 Å². The quantitative estimate of drug-likeness (QED) is 0.594. The van der Waals surface area contributed by atoms with Gasteiger partial charge in [-0.05, 0) is 55.5 Å². The van der Waals surface area contributed by atoms with Crippen LogP contribution in [0.1, 0.15) is 25.7 Å². The number of aliphatic hydroxyl groups excluding tert-OH is 1. The summed E-state index contributed by atoms with van der Waals surface area (Å²) in [7, 11) is 1.99. The Morgan fingerprint density at radius 3 is 2.62 bits per heavy atom. The summed E-state index contributed by atoms with van der Waals surface area (Å²) in [5.74, 6) is 0.475. The second-order valence-corrected chi connectivity index (χ2v) is 8.17. The van der Waals surface area contributed by atoms with Gasteiger partial charge in [0.15, 0.2) is 5.16 Å². The fourth-order valence-corrected chi connectivity index (χ4v) is 4.47. The lowest BCUT2D eigenvalue weighted by Gasteiger charge is -2.28. The minimum absolute atomic E-state index is 0.0244. The van der Waals surface area contributed by atoms with Crippen LogP contribution < -0.4 is 5.32 Å². The molecule has 3 aromatic rings. The summed E-state index contributed by atoms with van der Waals surface area (Å²) in [6.07, 6.45) is 7.37. The third kappa shape index (κ3) is 4.16. The predicted molar refractivity (Wildman–Crippen MR) is 115 cm³/mol. The van der Waals surface area contributed by atoms with Crippen LogP contribution in [0.3, 0.4) is 0 Å². The molecule has 1 fully saturated rings. The maximum atomic E-state index is 13.4. The molecule has 2 atom stereocenters. The lowest BCUT2D eigenvalue weighted by atomic mass is 9.92. The SMILES string of the molecule is CSc1nc(-c2ccc(F)cc2)c(-c2ccnc(N[C@@H]3CCCC[C@H]3O)c2)n1C. The van der Waals surface area contributed by atoms with E-state index in [4.69, 9.17) is 4.98 Å². The molecule has 2 aromatic heterocycles. The summed E-state index contributed by atoms with van der Waals surface area (Å²) in [6, 6.07) is 10.4. The molecule has 0 radical (unpaired) electrons. The van der Waals surface area contributed by atoms with Crippen molar-refractivity contribution in [2.24, 2.45) is 7.05 Å². The van der Waals surface area contributed by atoms with E-state index < -0.39 is 0 Å². The van der Waals surface area contributed by atoms with Gasteiger partial charge in [0, 0.05) is 24.4 Å². The Labute approximate surface area is 174 Å². The predicted octanol–water partition coefficient (Wildman–Crippen LogP) is 4.73. The summed E-state index contributed by atoms with van der Waals surface area (Å²) >= 11 is 1.57. The average Bonchev–Trinajstić information content (AvgIpc) is 3.07. The molecule has 0 aliphatic heterocycles. The van der Waals surface area contributed by atoms with Gasteiger partial charge in [-0.2, -0.15) is 0 Å². The molecule has 1 aliphatic carbocycles. The van der Waals surface area contributed by atoms with Gasteiger partial charge in [0.1, 0.15) is 11.6 Å². The molecule has 0 unspecified atom stereocenters. The zero-order valence-corrected chi connectivity index (χ0v) is 17.4. The molecule has 1 aliphatic rings. The first-order chi connectivity index (χ1) is 14.1. The van der Waals surface area contributed by atoms with Gasteiger partial charge in [0.2, 0.25) is 0 Å². The van der Waals surface area contributed by atoms with Crippen molar-refractivity contribution in [2.45, 2.75) is 43.0 Å². The van der Waals surface area contributed by atoms with Gasteiger partial charge in [-0.15, -0.1) is 0 Å². The van der Waals surface area contributed by atoms with E-state index in [1.807, 2.05) is 25.4 Å². The van der Waals surface area contributed by atoms with Gasteiger partial charge in [-0.3, -0.25) is 0 Å². The number of aromatic nitrogens is 3. The highest BCUT2D eigenvalue weighted by Crippen LogP contribution is 2.35. The third-order valence-corrected chi connectivity index (χ3v) is 6.18. The second kappa shape index (κ2) is 8.55. The number of thioether (sulfide) groups is 1. The minimum Gasteiger partial charge on any atom is -0.391 e. The number of anilines is 1. The Hall–Kier alpha value is -2.38. The first kappa shape index (κ1) is 19.9.